The van der Waals surface area contributed by atoms with Crippen LogP contribution >= 0.6 is 0 Å². The Morgan fingerprint density at radius 1 is 1.22 bits per heavy atom. The quantitative estimate of drug-likeness (QED) is 0.768. The highest BCUT2D eigenvalue weighted by Crippen LogP contribution is 2.26. The van der Waals surface area contributed by atoms with Gasteiger partial charge in [-0.1, -0.05) is 6.92 Å². The second-order valence-corrected chi connectivity index (χ2v) is 7.77. The van der Waals surface area contributed by atoms with E-state index < -0.39 is 9.84 Å². The van der Waals surface area contributed by atoms with Crippen molar-refractivity contribution in [2.45, 2.75) is 51.5 Å². The van der Waals surface area contributed by atoms with E-state index in [1.54, 1.807) is 0 Å². The third-order valence-corrected chi connectivity index (χ3v) is 6.01. The van der Waals surface area contributed by atoms with E-state index in [0.717, 1.165) is 32.2 Å². The lowest BCUT2D eigenvalue weighted by atomic mass is 9.96. The zero-order valence-electron chi connectivity index (χ0n) is 11.1. The number of rotatable bonds is 2. The first-order valence-electron chi connectivity index (χ1n) is 7.04. The summed E-state index contributed by atoms with van der Waals surface area (Å²) < 4.78 is 23.3. The summed E-state index contributed by atoms with van der Waals surface area (Å²) in [5.41, 5.74) is 0. The molecule has 2 unspecified atom stereocenters. The summed E-state index contributed by atoms with van der Waals surface area (Å²) >= 11 is 0. The van der Waals surface area contributed by atoms with Crippen LogP contribution in [0.1, 0.15) is 45.4 Å². The first kappa shape index (κ1) is 13.8. The highest BCUT2D eigenvalue weighted by molar-refractivity contribution is 7.91. The summed E-state index contributed by atoms with van der Waals surface area (Å²) in [5.74, 6) is 0.132. The zero-order chi connectivity index (χ0) is 13.2. The third-order valence-electron chi connectivity index (χ3n) is 4.19. The SMILES string of the molecule is CCC1CCCCN1C(=O)C1CCCS(=O)(=O)C1. The molecule has 0 aliphatic carbocycles. The number of nitrogens with zero attached hydrogens (tertiary/aromatic N) is 1. The first-order valence-corrected chi connectivity index (χ1v) is 8.86. The van der Waals surface area contributed by atoms with Crippen molar-refractivity contribution < 1.29 is 13.2 Å². The molecular formula is C13H23NO3S. The molecule has 2 aliphatic heterocycles. The van der Waals surface area contributed by atoms with E-state index in [9.17, 15) is 13.2 Å². The van der Waals surface area contributed by atoms with Crippen molar-refractivity contribution in [3.8, 4) is 0 Å². The topological polar surface area (TPSA) is 54.5 Å². The number of carbonyl (C=O) groups excluding carboxylic acids is 1. The van der Waals surface area contributed by atoms with Crippen molar-refractivity contribution in [2.75, 3.05) is 18.1 Å². The predicted molar refractivity (Wildman–Crippen MR) is 71.0 cm³/mol. The van der Waals surface area contributed by atoms with Crippen LogP contribution < -0.4 is 0 Å². The van der Waals surface area contributed by atoms with Crippen LogP contribution in [0.4, 0.5) is 0 Å². The molecule has 2 saturated heterocycles. The molecule has 2 rings (SSSR count). The van der Waals surface area contributed by atoms with Crippen molar-refractivity contribution in [3.63, 3.8) is 0 Å². The maximum atomic E-state index is 12.5. The minimum Gasteiger partial charge on any atom is -0.339 e. The summed E-state index contributed by atoms with van der Waals surface area (Å²) in [4.78, 5) is 14.4. The van der Waals surface area contributed by atoms with E-state index in [4.69, 9.17) is 0 Å². The minimum atomic E-state index is -2.99. The van der Waals surface area contributed by atoms with Crippen molar-refractivity contribution >= 4 is 15.7 Å². The van der Waals surface area contributed by atoms with Gasteiger partial charge in [0.15, 0.2) is 9.84 Å². The average molecular weight is 273 g/mol. The Balaban J connectivity index is 2.05. The smallest absolute Gasteiger partial charge is 0.226 e. The van der Waals surface area contributed by atoms with Gasteiger partial charge in [0.2, 0.25) is 5.91 Å². The molecule has 0 aromatic carbocycles. The Labute approximate surface area is 110 Å². The van der Waals surface area contributed by atoms with Crippen LogP contribution in [0.5, 0.6) is 0 Å². The molecule has 18 heavy (non-hydrogen) atoms. The van der Waals surface area contributed by atoms with Gasteiger partial charge in [-0.2, -0.15) is 0 Å². The lowest BCUT2D eigenvalue weighted by Gasteiger charge is -2.38. The maximum absolute atomic E-state index is 12.5. The highest BCUT2D eigenvalue weighted by atomic mass is 32.2. The van der Waals surface area contributed by atoms with Gasteiger partial charge in [0, 0.05) is 12.6 Å². The molecule has 2 atom stereocenters. The molecule has 2 fully saturated rings. The van der Waals surface area contributed by atoms with E-state index in [-0.39, 0.29) is 23.3 Å². The summed E-state index contributed by atoms with van der Waals surface area (Å²) in [6.07, 6.45) is 5.67. The van der Waals surface area contributed by atoms with Gasteiger partial charge < -0.3 is 4.90 Å². The molecule has 0 saturated carbocycles. The van der Waals surface area contributed by atoms with E-state index >= 15 is 0 Å². The molecule has 0 bridgehead atoms. The number of hydrogen-bond donors (Lipinski definition) is 0. The van der Waals surface area contributed by atoms with Crippen molar-refractivity contribution in [1.29, 1.82) is 0 Å². The third kappa shape index (κ3) is 3.05. The normalized spacial score (nSPS) is 32.2. The van der Waals surface area contributed by atoms with Crippen LogP contribution in [0.25, 0.3) is 0 Å². The van der Waals surface area contributed by atoms with E-state index in [0.29, 0.717) is 12.5 Å². The number of hydrogen-bond acceptors (Lipinski definition) is 3. The Hall–Kier alpha value is -0.580. The fourth-order valence-electron chi connectivity index (χ4n) is 3.17. The summed E-state index contributed by atoms with van der Waals surface area (Å²) in [5, 5.41) is 0. The number of sulfone groups is 1. The molecule has 0 aromatic heterocycles. The summed E-state index contributed by atoms with van der Waals surface area (Å²) in [7, 11) is -2.99. The van der Waals surface area contributed by atoms with Crippen LogP contribution in [0, 0.1) is 5.92 Å². The number of amides is 1. The van der Waals surface area contributed by atoms with Gasteiger partial charge in [0.05, 0.1) is 17.4 Å². The molecule has 1 amide bonds. The molecule has 2 heterocycles. The summed E-state index contributed by atoms with van der Waals surface area (Å²) in [6, 6.07) is 0.330. The number of likely N-dealkylation sites (tertiary alicyclic amines) is 1. The molecule has 2 aliphatic rings. The Morgan fingerprint density at radius 2 is 2.00 bits per heavy atom. The van der Waals surface area contributed by atoms with E-state index in [1.807, 2.05) is 4.90 Å². The van der Waals surface area contributed by atoms with E-state index in [2.05, 4.69) is 6.92 Å². The van der Waals surface area contributed by atoms with Gasteiger partial charge in [-0.25, -0.2) is 8.42 Å². The molecular weight excluding hydrogens is 250 g/mol. The first-order chi connectivity index (χ1) is 8.53. The second-order valence-electron chi connectivity index (χ2n) is 5.54. The fraction of sp³-hybridized carbons (Fsp3) is 0.923. The van der Waals surface area contributed by atoms with Crippen molar-refractivity contribution in [2.24, 2.45) is 5.92 Å². The van der Waals surface area contributed by atoms with Gasteiger partial charge in [0.25, 0.3) is 0 Å². The average Bonchev–Trinajstić information content (AvgIpc) is 2.36. The minimum absolute atomic E-state index is 0.0682. The zero-order valence-corrected chi connectivity index (χ0v) is 11.9. The maximum Gasteiger partial charge on any atom is 0.226 e. The van der Waals surface area contributed by atoms with E-state index in [1.165, 1.54) is 6.42 Å². The molecule has 4 nitrogen and oxygen atoms in total. The van der Waals surface area contributed by atoms with Crippen LogP contribution in [0.2, 0.25) is 0 Å². The largest absolute Gasteiger partial charge is 0.339 e. The van der Waals surface area contributed by atoms with Gasteiger partial charge in [-0.15, -0.1) is 0 Å². The predicted octanol–water partition coefficient (Wildman–Crippen LogP) is 1.60. The Bertz CT molecular complexity index is 404. The van der Waals surface area contributed by atoms with Crippen molar-refractivity contribution in [1.82, 2.24) is 4.90 Å². The van der Waals surface area contributed by atoms with Gasteiger partial charge in [-0.05, 0) is 38.5 Å². The van der Waals surface area contributed by atoms with Crippen LogP contribution in [0.3, 0.4) is 0 Å². The molecule has 0 N–H and O–H groups in total. The Morgan fingerprint density at radius 3 is 2.67 bits per heavy atom. The van der Waals surface area contributed by atoms with Crippen molar-refractivity contribution in [3.05, 3.63) is 0 Å². The van der Waals surface area contributed by atoms with Gasteiger partial charge in [0.1, 0.15) is 0 Å². The second kappa shape index (κ2) is 5.59. The van der Waals surface area contributed by atoms with Crippen LogP contribution in [0.15, 0.2) is 0 Å². The van der Waals surface area contributed by atoms with Crippen LogP contribution in [-0.2, 0) is 14.6 Å². The van der Waals surface area contributed by atoms with Gasteiger partial charge >= 0.3 is 0 Å². The highest BCUT2D eigenvalue weighted by Gasteiger charge is 2.35. The standard InChI is InChI=1S/C13H23NO3S/c1-2-12-7-3-4-8-14(12)13(15)11-6-5-9-18(16,17)10-11/h11-12H,2-10H2,1H3. The molecule has 0 spiro atoms. The van der Waals surface area contributed by atoms with Crippen LogP contribution in [-0.4, -0.2) is 43.3 Å². The number of carbonyl (C=O) groups is 1. The monoisotopic (exact) mass is 273 g/mol. The van der Waals surface area contributed by atoms with Gasteiger partial charge in [-0.3, -0.25) is 4.79 Å². The lowest BCUT2D eigenvalue weighted by molar-refractivity contribution is -0.139. The molecule has 0 radical (unpaired) electrons. The lowest BCUT2D eigenvalue weighted by Crippen LogP contribution is -2.48. The summed E-state index contributed by atoms with van der Waals surface area (Å²) in [6.45, 7) is 2.92. The molecule has 0 aromatic rings. The fourth-order valence-corrected chi connectivity index (χ4v) is 4.86. The molecule has 5 heteroatoms. The molecule has 104 valence electrons. The Kier molecular flexibility index (Phi) is 4.30. The number of piperidine rings is 1.